The molecule has 0 aliphatic carbocycles. The van der Waals surface area contributed by atoms with Gasteiger partial charge < -0.3 is 10.1 Å². The minimum absolute atomic E-state index is 0.799. The number of rotatable bonds is 5. The summed E-state index contributed by atoms with van der Waals surface area (Å²) in [7, 11) is 1.71. The largest absolute Gasteiger partial charge is 0.496 e. The molecular formula is C17H19N3O. The normalized spacial score (nSPS) is 11.0. The van der Waals surface area contributed by atoms with Crippen LogP contribution in [0.15, 0.2) is 48.8 Å². The maximum absolute atomic E-state index is 5.45. The summed E-state index contributed by atoms with van der Waals surface area (Å²) in [5, 5.41) is 3.35. The number of hydrogen-bond acceptors (Lipinski definition) is 3. The van der Waals surface area contributed by atoms with Crippen LogP contribution in [0.3, 0.4) is 0 Å². The molecule has 3 aromatic rings. The Bertz CT molecular complexity index is 749. The number of aromatic nitrogens is 2. The van der Waals surface area contributed by atoms with Gasteiger partial charge >= 0.3 is 0 Å². The lowest BCUT2D eigenvalue weighted by atomic mass is 10.1. The molecule has 1 aromatic carbocycles. The Morgan fingerprint density at radius 1 is 1.24 bits per heavy atom. The zero-order chi connectivity index (χ0) is 14.7. The molecule has 3 rings (SSSR count). The van der Waals surface area contributed by atoms with Crippen LogP contribution in [0, 0.1) is 0 Å². The van der Waals surface area contributed by atoms with Crippen LogP contribution in [0.25, 0.3) is 16.9 Å². The summed E-state index contributed by atoms with van der Waals surface area (Å²) >= 11 is 0. The maximum Gasteiger partial charge on any atom is 0.137 e. The molecule has 0 bridgehead atoms. The third kappa shape index (κ3) is 2.62. The van der Waals surface area contributed by atoms with Crippen molar-refractivity contribution in [2.75, 3.05) is 13.7 Å². The van der Waals surface area contributed by atoms with Gasteiger partial charge in [0, 0.05) is 24.5 Å². The first-order chi connectivity index (χ1) is 10.3. The number of fused-ring (bicyclic) bond motifs is 1. The minimum Gasteiger partial charge on any atom is -0.496 e. The van der Waals surface area contributed by atoms with Crippen LogP contribution in [0.4, 0.5) is 0 Å². The number of ether oxygens (including phenoxy) is 1. The standard InChI is InChI=1S/C17H19N3O/c1-3-18-12-14-11-13(7-8-16(14)21-2)15-5-4-6-17-19-9-10-20(15)17/h4-11,18H,3,12H2,1-2H3. The van der Waals surface area contributed by atoms with E-state index < -0.39 is 0 Å². The predicted octanol–water partition coefficient (Wildman–Crippen LogP) is 3.12. The van der Waals surface area contributed by atoms with Gasteiger partial charge in [-0.15, -0.1) is 0 Å². The van der Waals surface area contributed by atoms with Crippen LogP contribution in [0.2, 0.25) is 0 Å². The lowest BCUT2D eigenvalue weighted by Gasteiger charge is -2.12. The van der Waals surface area contributed by atoms with Gasteiger partial charge in [0.15, 0.2) is 0 Å². The Labute approximate surface area is 124 Å². The molecule has 0 saturated carbocycles. The molecule has 4 nitrogen and oxygen atoms in total. The second-order valence-electron chi connectivity index (χ2n) is 4.87. The second kappa shape index (κ2) is 5.97. The maximum atomic E-state index is 5.45. The third-order valence-electron chi connectivity index (χ3n) is 3.57. The number of methoxy groups -OCH3 is 1. The van der Waals surface area contributed by atoms with E-state index >= 15 is 0 Å². The van der Waals surface area contributed by atoms with Crippen molar-refractivity contribution < 1.29 is 4.74 Å². The van der Waals surface area contributed by atoms with E-state index in [4.69, 9.17) is 4.74 Å². The second-order valence-corrected chi connectivity index (χ2v) is 4.87. The van der Waals surface area contributed by atoms with E-state index in [1.54, 1.807) is 7.11 Å². The molecule has 0 spiro atoms. The van der Waals surface area contributed by atoms with E-state index in [-0.39, 0.29) is 0 Å². The molecule has 2 heterocycles. The molecule has 0 fully saturated rings. The summed E-state index contributed by atoms with van der Waals surface area (Å²) in [6, 6.07) is 12.4. The molecule has 0 aliphatic heterocycles. The van der Waals surface area contributed by atoms with Crippen LogP contribution in [-0.2, 0) is 6.54 Å². The lowest BCUT2D eigenvalue weighted by molar-refractivity contribution is 0.408. The molecule has 0 aliphatic rings. The predicted molar refractivity (Wildman–Crippen MR) is 84.6 cm³/mol. The van der Waals surface area contributed by atoms with Crippen LogP contribution >= 0.6 is 0 Å². The topological polar surface area (TPSA) is 38.6 Å². The Hall–Kier alpha value is -2.33. The van der Waals surface area contributed by atoms with Crippen molar-refractivity contribution in [1.29, 1.82) is 0 Å². The third-order valence-corrected chi connectivity index (χ3v) is 3.57. The zero-order valence-corrected chi connectivity index (χ0v) is 12.3. The zero-order valence-electron chi connectivity index (χ0n) is 12.3. The fourth-order valence-corrected chi connectivity index (χ4v) is 2.52. The summed E-state index contributed by atoms with van der Waals surface area (Å²) in [5.74, 6) is 0.914. The number of pyridine rings is 1. The smallest absolute Gasteiger partial charge is 0.137 e. The highest BCUT2D eigenvalue weighted by Crippen LogP contribution is 2.27. The summed E-state index contributed by atoms with van der Waals surface area (Å²) in [5.41, 5.74) is 4.41. The molecular weight excluding hydrogens is 262 g/mol. The van der Waals surface area contributed by atoms with Crippen molar-refractivity contribution in [3.05, 3.63) is 54.4 Å². The van der Waals surface area contributed by atoms with Crippen molar-refractivity contribution in [2.45, 2.75) is 13.5 Å². The van der Waals surface area contributed by atoms with Gasteiger partial charge in [-0.2, -0.15) is 0 Å². The average molecular weight is 281 g/mol. The van der Waals surface area contributed by atoms with Gasteiger partial charge in [0.05, 0.1) is 12.8 Å². The van der Waals surface area contributed by atoms with Gasteiger partial charge in [0.1, 0.15) is 11.4 Å². The number of hydrogen-bond donors (Lipinski definition) is 1. The summed E-state index contributed by atoms with van der Waals surface area (Å²) < 4.78 is 7.54. The molecule has 1 N–H and O–H groups in total. The Morgan fingerprint density at radius 3 is 2.95 bits per heavy atom. The number of imidazole rings is 1. The van der Waals surface area contributed by atoms with Gasteiger partial charge in [-0.05, 0) is 42.4 Å². The summed E-state index contributed by atoms with van der Waals surface area (Å²) in [6.45, 7) is 3.83. The molecule has 0 amide bonds. The van der Waals surface area contributed by atoms with Gasteiger partial charge in [0.2, 0.25) is 0 Å². The van der Waals surface area contributed by atoms with Crippen molar-refractivity contribution >= 4 is 5.65 Å². The Kier molecular flexibility index (Phi) is 3.88. The molecule has 4 heteroatoms. The van der Waals surface area contributed by atoms with Gasteiger partial charge in [-0.25, -0.2) is 4.98 Å². The van der Waals surface area contributed by atoms with Crippen LogP contribution < -0.4 is 10.1 Å². The first kappa shape index (κ1) is 13.6. The van der Waals surface area contributed by atoms with Crippen LogP contribution in [0.5, 0.6) is 5.75 Å². The SMILES string of the molecule is CCNCc1cc(-c2cccc3nccn23)ccc1OC. The minimum atomic E-state index is 0.799. The number of nitrogens with zero attached hydrogens (tertiary/aromatic N) is 2. The molecule has 108 valence electrons. The van der Waals surface area contributed by atoms with Crippen LogP contribution in [0.1, 0.15) is 12.5 Å². The summed E-state index contributed by atoms with van der Waals surface area (Å²) in [6.07, 6.45) is 3.81. The molecule has 0 atom stereocenters. The molecule has 21 heavy (non-hydrogen) atoms. The quantitative estimate of drug-likeness (QED) is 0.781. The van der Waals surface area contributed by atoms with Crippen molar-refractivity contribution in [2.24, 2.45) is 0 Å². The van der Waals surface area contributed by atoms with E-state index in [0.29, 0.717) is 0 Å². The van der Waals surface area contributed by atoms with Crippen molar-refractivity contribution in [3.63, 3.8) is 0 Å². The summed E-state index contributed by atoms with van der Waals surface area (Å²) in [4.78, 5) is 4.34. The first-order valence-corrected chi connectivity index (χ1v) is 7.13. The van der Waals surface area contributed by atoms with E-state index in [0.717, 1.165) is 41.3 Å². The molecule has 0 radical (unpaired) electrons. The van der Waals surface area contributed by atoms with E-state index in [9.17, 15) is 0 Å². The monoisotopic (exact) mass is 281 g/mol. The van der Waals surface area contributed by atoms with E-state index in [1.165, 1.54) is 0 Å². The first-order valence-electron chi connectivity index (χ1n) is 7.13. The van der Waals surface area contributed by atoms with Gasteiger partial charge in [0.25, 0.3) is 0 Å². The van der Waals surface area contributed by atoms with Gasteiger partial charge in [-0.3, -0.25) is 4.40 Å². The van der Waals surface area contributed by atoms with E-state index in [2.05, 4.69) is 39.8 Å². The van der Waals surface area contributed by atoms with Crippen molar-refractivity contribution in [3.8, 4) is 17.0 Å². The molecule has 0 saturated heterocycles. The number of nitrogens with one attached hydrogen (secondary N) is 1. The van der Waals surface area contributed by atoms with Gasteiger partial charge in [-0.1, -0.05) is 13.0 Å². The lowest BCUT2D eigenvalue weighted by Crippen LogP contribution is -2.12. The Morgan fingerprint density at radius 2 is 2.14 bits per heavy atom. The Balaban J connectivity index is 2.08. The van der Waals surface area contributed by atoms with Crippen LogP contribution in [-0.4, -0.2) is 23.0 Å². The highest BCUT2D eigenvalue weighted by atomic mass is 16.5. The fourth-order valence-electron chi connectivity index (χ4n) is 2.52. The molecule has 0 unspecified atom stereocenters. The fraction of sp³-hybridized carbons (Fsp3) is 0.235. The van der Waals surface area contributed by atoms with E-state index in [1.807, 2.05) is 30.6 Å². The number of benzene rings is 1. The average Bonchev–Trinajstić information content (AvgIpc) is 3.01. The van der Waals surface area contributed by atoms with Crippen molar-refractivity contribution in [1.82, 2.24) is 14.7 Å². The highest BCUT2D eigenvalue weighted by Gasteiger charge is 2.08. The molecule has 2 aromatic heterocycles. The highest BCUT2D eigenvalue weighted by molar-refractivity contribution is 5.65.